The Morgan fingerprint density at radius 2 is 1.95 bits per heavy atom. The average Bonchev–Trinajstić information content (AvgIpc) is 2.42. The molecule has 0 N–H and O–H groups in total. The quantitative estimate of drug-likeness (QED) is 0.835. The van der Waals surface area contributed by atoms with Gasteiger partial charge in [0.25, 0.3) is 0 Å². The monoisotopic (exact) mass is 310 g/mol. The number of hydrogen-bond acceptors (Lipinski definition) is 4. The van der Waals surface area contributed by atoms with Gasteiger partial charge < -0.3 is 4.90 Å². The van der Waals surface area contributed by atoms with Crippen LogP contribution in [0, 0.1) is 6.92 Å². The van der Waals surface area contributed by atoms with Crippen LogP contribution in [0.3, 0.4) is 0 Å². The molecule has 0 radical (unpaired) electrons. The first-order valence-electron chi connectivity index (χ1n) is 7.21. The molecule has 1 heterocycles. The fourth-order valence-corrected chi connectivity index (χ4v) is 3.76. The van der Waals surface area contributed by atoms with E-state index in [-0.39, 0.29) is 24.0 Å². The normalized spacial score (nSPS) is 18.4. The van der Waals surface area contributed by atoms with Gasteiger partial charge >= 0.3 is 0 Å². The zero-order valence-corrected chi connectivity index (χ0v) is 13.4. The third-order valence-electron chi connectivity index (χ3n) is 3.73. The first-order chi connectivity index (χ1) is 9.91. The van der Waals surface area contributed by atoms with Crippen molar-refractivity contribution in [3.63, 3.8) is 0 Å². The van der Waals surface area contributed by atoms with E-state index in [2.05, 4.69) is 0 Å². The molecule has 0 unspecified atom stereocenters. The zero-order chi connectivity index (χ0) is 15.5. The molecule has 0 spiro atoms. The zero-order valence-electron chi connectivity index (χ0n) is 12.6. The van der Waals surface area contributed by atoms with Gasteiger partial charge in [-0.05, 0) is 31.5 Å². The Hall–Kier alpha value is -1.40. The lowest BCUT2D eigenvalue weighted by Crippen LogP contribution is -2.46. The van der Waals surface area contributed by atoms with Crippen LogP contribution in [0.1, 0.15) is 12.5 Å². The number of likely N-dealkylation sites (N-methyl/N-ethyl adjacent to an activating group) is 1. The summed E-state index contributed by atoms with van der Waals surface area (Å²) >= 11 is 0. The van der Waals surface area contributed by atoms with Crippen molar-refractivity contribution < 1.29 is 13.2 Å². The molecule has 1 aliphatic rings. The molecular weight excluding hydrogens is 288 g/mol. The molecule has 1 aromatic rings. The minimum Gasteiger partial charge on any atom is -0.312 e. The Bertz CT molecular complexity index is 599. The summed E-state index contributed by atoms with van der Waals surface area (Å²) in [5.41, 5.74) is 2.01. The highest BCUT2D eigenvalue weighted by Gasteiger charge is 2.24. The lowest BCUT2D eigenvalue weighted by Gasteiger charge is -2.29. The van der Waals surface area contributed by atoms with Crippen LogP contribution < -0.4 is 4.90 Å². The number of nitrogens with zero attached hydrogens (tertiary/aromatic N) is 2. The molecule has 1 fully saturated rings. The summed E-state index contributed by atoms with van der Waals surface area (Å²) in [7, 11) is -2.90. The van der Waals surface area contributed by atoms with Crippen LogP contribution in [-0.4, -0.2) is 56.9 Å². The van der Waals surface area contributed by atoms with E-state index in [4.69, 9.17) is 0 Å². The molecule has 0 bridgehead atoms. The maximum absolute atomic E-state index is 12.5. The van der Waals surface area contributed by atoms with E-state index in [0.717, 1.165) is 11.3 Å². The topological polar surface area (TPSA) is 57.7 Å². The van der Waals surface area contributed by atoms with Crippen LogP contribution in [0.2, 0.25) is 0 Å². The lowest BCUT2D eigenvalue weighted by atomic mass is 10.2. The van der Waals surface area contributed by atoms with Gasteiger partial charge in [0.2, 0.25) is 5.91 Å². The van der Waals surface area contributed by atoms with Crippen LogP contribution >= 0.6 is 0 Å². The number of carbonyl (C=O) groups is 1. The van der Waals surface area contributed by atoms with Crippen LogP contribution in [0.25, 0.3) is 0 Å². The number of carbonyl (C=O) groups excluding carboxylic acids is 1. The Morgan fingerprint density at radius 3 is 2.52 bits per heavy atom. The predicted molar refractivity (Wildman–Crippen MR) is 84.3 cm³/mol. The molecule has 21 heavy (non-hydrogen) atoms. The second-order valence-corrected chi connectivity index (χ2v) is 7.71. The lowest BCUT2D eigenvalue weighted by molar-refractivity contribution is -0.119. The summed E-state index contributed by atoms with van der Waals surface area (Å²) in [5, 5.41) is 0. The molecule has 5 nitrogen and oxygen atoms in total. The standard InChI is InChI=1S/C15H22N2O3S/c1-3-17(14-6-4-5-13(2)11-14)15(18)12-16-7-9-21(19,20)10-8-16/h4-6,11H,3,7-10,12H2,1-2H3. The van der Waals surface area contributed by atoms with Gasteiger partial charge in [0, 0.05) is 25.3 Å². The SMILES string of the molecule is CCN(C(=O)CN1CCS(=O)(=O)CC1)c1cccc(C)c1. The van der Waals surface area contributed by atoms with E-state index < -0.39 is 9.84 Å². The van der Waals surface area contributed by atoms with Gasteiger partial charge in [0.15, 0.2) is 9.84 Å². The summed E-state index contributed by atoms with van der Waals surface area (Å²) in [6.07, 6.45) is 0. The number of aryl methyl sites for hydroxylation is 1. The molecule has 0 aliphatic carbocycles. The van der Waals surface area contributed by atoms with E-state index >= 15 is 0 Å². The molecule has 0 aromatic heterocycles. The van der Waals surface area contributed by atoms with Crippen LogP contribution in [0.15, 0.2) is 24.3 Å². The molecule has 2 rings (SSSR count). The van der Waals surface area contributed by atoms with Gasteiger partial charge in [-0.15, -0.1) is 0 Å². The van der Waals surface area contributed by atoms with Crippen molar-refractivity contribution in [3.05, 3.63) is 29.8 Å². The van der Waals surface area contributed by atoms with Crippen LogP contribution in [-0.2, 0) is 14.6 Å². The largest absolute Gasteiger partial charge is 0.312 e. The van der Waals surface area contributed by atoms with Crippen molar-refractivity contribution >= 4 is 21.4 Å². The van der Waals surface area contributed by atoms with Gasteiger partial charge in [0.05, 0.1) is 18.1 Å². The number of benzene rings is 1. The minimum atomic E-state index is -2.90. The second kappa shape index (κ2) is 6.58. The van der Waals surface area contributed by atoms with Crippen LogP contribution in [0.5, 0.6) is 0 Å². The Labute approximate surface area is 126 Å². The first kappa shape index (κ1) is 16.0. The molecule has 0 saturated carbocycles. The van der Waals surface area contributed by atoms with E-state index in [1.165, 1.54) is 0 Å². The van der Waals surface area contributed by atoms with Crippen molar-refractivity contribution in [2.45, 2.75) is 13.8 Å². The van der Waals surface area contributed by atoms with Crippen molar-refractivity contribution in [1.29, 1.82) is 0 Å². The smallest absolute Gasteiger partial charge is 0.241 e. The molecule has 6 heteroatoms. The van der Waals surface area contributed by atoms with E-state index in [1.54, 1.807) is 4.90 Å². The summed E-state index contributed by atoms with van der Waals surface area (Å²) in [6.45, 7) is 5.71. The maximum atomic E-state index is 12.5. The molecule has 0 atom stereocenters. The molecule has 116 valence electrons. The fourth-order valence-electron chi connectivity index (χ4n) is 2.48. The molecular formula is C15H22N2O3S. The summed E-state index contributed by atoms with van der Waals surface area (Å²) in [4.78, 5) is 16.1. The summed E-state index contributed by atoms with van der Waals surface area (Å²) in [6, 6.07) is 7.85. The summed E-state index contributed by atoms with van der Waals surface area (Å²) in [5.74, 6) is 0.315. The average molecular weight is 310 g/mol. The number of sulfone groups is 1. The third-order valence-corrected chi connectivity index (χ3v) is 5.34. The number of rotatable bonds is 4. The number of hydrogen-bond donors (Lipinski definition) is 0. The van der Waals surface area contributed by atoms with Gasteiger partial charge in [0.1, 0.15) is 0 Å². The highest BCUT2D eigenvalue weighted by atomic mass is 32.2. The summed E-state index contributed by atoms with van der Waals surface area (Å²) < 4.78 is 22.8. The van der Waals surface area contributed by atoms with Gasteiger partial charge in [-0.1, -0.05) is 12.1 Å². The van der Waals surface area contributed by atoms with Gasteiger partial charge in [-0.25, -0.2) is 8.42 Å². The minimum absolute atomic E-state index is 0.0161. The van der Waals surface area contributed by atoms with E-state index in [1.807, 2.05) is 43.0 Å². The van der Waals surface area contributed by atoms with Gasteiger partial charge in [-0.3, -0.25) is 9.69 Å². The first-order valence-corrected chi connectivity index (χ1v) is 9.03. The molecule has 1 aromatic carbocycles. The molecule has 1 saturated heterocycles. The Kier molecular flexibility index (Phi) is 5.00. The Morgan fingerprint density at radius 1 is 1.29 bits per heavy atom. The number of anilines is 1. The fraction of sp³-hybridized carbons (Fsp3) is 0.533. The molecule has 1 amide bonds. The van der Waals surface area contributed by atoms with Crippen molar-refractivity contribution in [2.75, 3.05) is 42.6 Å². The third kappa shape index (κ3) is 4.28. The highest BCUT2D eigenvalue weighted by molar-refractivity contribution is 7.91. The van der Waals surface area contributed by atoms with E-state index in [0.29, 0.717) is 19.6 Å². The number of amides is 1. The second-order valence-electron chi connectivity index (χ2n) is 5.40. The van der Waals surface area contributed by atoms with Gasteiger partial charge in [-0.2, -0.15) is 0 Å². The van der Waals surface area contributed by atoms with Crippen LogP contribution in [0.4, 0.5) is 5.69 Å². The molecule has 1 aliphatic heterocycles. The highest BCUT2D eigenvalue weighted by Crippen LogP contribution is 2.16. The maximum Gasteiger partial charge on any atom is 0.241 e. The predicted octanol–water partition coefficient (Wildman–Crippen LogP) is 1.08. The van der Waals surface area contributed by atoms with E-state index in [9.17, 15) is 13.2 Å². The van der Waals surface area contributed by atoms with Crippen molar-refractivity contribution in [2.24, 2.45) is 0 Å². The Balaban J connectivity index is 2.01. The van der Waals surface area contributed by atoms with Crippen molar-refractivity contribution in [3.8, 4) is 0 Å². The van der Waals surface area contributed by atoms with Crippen molar-refractivity contribution in [1.82, 2.24) is 4.90 Å².